The monoisotopic (exact) mass is 422 g/mol. The molecule has 7 nitrogen and oxygen atoms in total. The summed E-state index contributed by atoms with van der Waals surface area (Å²) in [6.45, 7) is -0.146. The first kappa shape index (κ1) is 20.9. The van der Waals surface area contributed by atoms with E-state index in [2.05, 4.69) is 11.4 Å². The van der Waals surface area contributed by atoms with Crippen LogP contribution in [0.2, 0.25) is 0 Å². The van der Waals surface area contributed by atoms with Gasteiger partial charge in [-0.25, -0.2) is 0 Å². The number of carbonyl (C=O) groups excluding carboxylic acids is 3. The molecule has 1 aliphatic carbocycles. The van der Waals surface area contributed by atoms with Crippen molar-refractivity contribution in [2.24, 2.45) is 5.92 Å². The van der Waals surface area contributed by atoms with Crippen LogP contribution in [0, 0.1) is 5.92 Å². The molecule has 0 bridgehead atoms. The molecule has 2 aliphatic rings. The van der Waals surface area contributed by atoms with E-state index in [0.29, 0.717) is 11.4 Å². The summed E-state index contributed by atoms with van der Waals surface area (Å²) >= 11 is 0. The molecule has 2 atom stereocenters. The van der Waals surface area contributed by atoms with Gasteiger partial charge in [-0.15, -0.1) is 0 Å². The van der Waals surface area contributed by atoms with Crippen molar-refractivity contribution >= 4 is 23.5 Å². The van der Waals surface area contributed by atoms with Crippen molar-refractivity contribution in [1.82, 2.24) is 5.32 Å². The fourth-order valence-electron chi connectivity index (χ4n) is 4.35. The minimum atomic E-state index is -0.611. The van der Waals surface area contributed by atoms with Gasteiger partial charge in [-0.3, -0.25) is 14.4 Å². The summed E-state index contributed by atoms with van der Waals surface area (Å²) in [5, 5.41) is 2.97. The largest absolute Gasteiger partial charge is 0.495 e. The number of rotatable bonds is 6. The SMILES string of the molecule is COc1ccccc1N1C[C@@H](C(=O)OCC(=O)N[C@H]2CCCc3ccccc32)CC1=O. The number of nitrogens with zero attached hydrogens (tertiary/aromatic N) is 1. The number of benzene rings is 2. The zero-order chi connectivity index (χ0) is 21.8. The lowest BCUT2D eigenvalue weighted by molar-refractivity contribution is -0.152. The Morgan fingerprint density at radius 3 is 2.74 bits per heavy atom. The third-order valence-electron chi connectivity index (χ3n) is 5.88. The third-order valence-corrected chi connectivity index (χ3v) is 5.88. The Kier molecular flexibility index (Phi) is 6.21. The van der Waals surface area contributed by atoms with Gasteiger partial charge in [0.1, 0.15) is 5.75 Å². The van der Waals surface area contributed by atoms with Crippen LogP contribution < -0.4 is 15.0 Å². The molecule has 2 aromatic rings. The van der Waals surface area contributed by atoms with E-state index in [1.54, 1.807) is 12.1 Å². The Bertz CT molecular complexity index is 989. The highest BCUT2D eigenvalue weighted by Gasteiger charge is 2.37. The number of ether oxygens (including phenoxy) is 2. The highest BCUT2D eigenvalue weighted by molar-refractivity contribution is 6.00. The predicted molar refractivity (Wildman–Crippen MR) is 115 cm³/mol. The lowest BCUT2D eigenvalue weighted by Crippen LogP contribution is -2.35. The number of anilines is 1. The molecule has 0 aromatic heterocycles. The molecule has 162 valence electrons. The summed E-state index contributed by atoms with van der Waals surface area (Å²) in [5.41, 5.74) is 3.00. The van der Waals surface area contributed by atoms with Crippen LogP contribution in [0.15, 0.2) is 48.5 Å². The van der Waals surface area contributed by atoms with Crippen molar-refractivity contribution < 1.29 is 23.9 Å². The molecular weight excluding hydrogens is 396 g/mol. The van der Waals surface area contributed by atoms with Crippen LogP contribution in [0.3, 0.4) is 0 Å². The first-order chi connectivity index (χ1) is 15.1. The van der Waals surface area contributed by atoms with Gasteiger partial charge in [0, 0.05) is 13.0 Å². The number of para-hydroxylation sites is 2. The topological polar surface area (TPSA) is 84.9 Å². The molecule has 31 heavy (non-hydrogen) atoms. The van der Waals surface area contributed by atoms with Crippen LogP contribution in [0.5, 0.6) is 5.75 Å². The molecule has 2 aromatic carbocycles. The Labute approximate surface area is 181 Å². The summed E-state index contributed by atoms with van der Waals surface area (Å²) in [5.74, 6) is -1.08. The van der Waals surface area contributed by atoms with E-state index in [1.807, 2.05) is 30.3 Å². The van der Waals surface area contributed by atoms with E-state index < -0.39 is 11.9 Å². The minimum Gasteiger partial charge on any atom is -0.495 e. The fraction of sp³-hybridized carbons (Fsp3) is 0.375. The van der Waals surface area contributed by atoms with Crippen molar-refractivity contribution in [3.63, 3.8) is 0 Å². The number of carbonyl (C=O) groups is 3. The second-order valence-electron chi connectivity index (χ2n) is 7.90. The molecule has 1 saturated heterocycles. The van der Waals surface area contributed by atoms with Crippen LogP contribution in [-0.2, 0) is 25.5 Å². The molecule has 1 aliphatic heterocycles. The van der Waals surface area contributed by atoms with Crippen molar-refractivity contribution in [2.75, 3.05) is 25.2 Å². The Balaban J connectivity index is 1.31. The number of nitrogens with one attached hydrogen (secondary N) is 1. The summed E-state index contributed by atoms with van der Waals surface area (Å²) in [6, 6.07) is 15.2. The van der Waals surface area contributed by atoms with Crippen molar-refractivity contribution in [3.05, 3.63) is 59.7 Å². The van der Waals surface area contributed by atoms with Crippen LogP contribution in [0.4, 0.5) is 5.69 Å². The van der Waals surface area contributed by atoms with Crippen LogP contribution in [-0.4, -0.2) is 38.0 Å². The first-order valence-corrected chi connectivity index (χ1v) is 10.5. The number of fused-ring (bicyclic) bond motifs is 1. The third kappa shape index (κ3) is 4.55. The lowest BCUT2D eigenvalue weighted by atomic mass is 9.88. The highest BCUT2D eigenvalue weighted by atomic mass is 16.5. The maximum absolute atomic E-state index is 12.5. The van der Waals surface area contributed by atoms with E-state index in [9.17, 15) is 14.4 Å². The van der Waals surface area contributed by atoms with Gasteiger partial charge in [-0.05, 0) is 42.5 Å². The molecule has 0 spiro atoms. The van der Waals surface area contributed by atoms with Gasteiger partial charge in [-0.1, -0.05) is 36.4 Å². The fourth-order valence-corrected chi connectivity index (χ4v) is 4.35. The lowest BCUT2D eigenvalue weighted by Gasteiger charge is -2.26. The molecule has 2 amide bonds. The van der Waals surface area contributed by atoms with E-state index in [0.717, 1.165) is 24.8 Å². The summed E-state index contributed by atoms with van der Waals surface area (Å²) in [4.78, 5) is 38.9. The number of methoxy groups -OCH3 is 1. The Morgan fingerprint density at radius 1 is 1.13 bits per heavy atom. The standard InChI is InChI=1S/C24H26N2O5/c1-30-21-12-5-4-11-20(21)26-14-17(13-23(26)28)24(29)31-15-22(27)25-19-10-6-8-16-7-2-3-9-18(16)19/h2-5,7,9,11-12,17,19H,6,8,10,13-15H2,1H3,(H,25,27)/t17-,19-/m0/s1. The summed E-state index contributed by atoms with van der Waals surface area (Å²) < 4.78 is 10.6. The first-order valence-electron chi connectivity index (χ1n) is 10.5. The number of hydrogen-bond acceptors (Lipinski definition) is 5. The summed E-state index contributed by atoms with van der Waals surface area (Å²) in [6.07, 6.45) is 2.93. The van der Waals surface area contributed by atoms with Crippen molar-refractivity contribution in [3.8, 4) is 5.75 Å². The number of esters is 1. The number of amides is 2. The normalized spacial score (nSPS) is 20.2. The van der Waals surface area contributed by atoms with Gasteiger partial charge in [0.2, 0.25) is 5.91 Å². The molecule has 1 N–H and O–H groups in total. The van der Waals surface area contributed by atoms with Gasteiger partial charge in [-0.2, -0.15) is 0 Å². The predicted octanol–water partition coefficient (Wildman–Crippen LogP) is 2.79. The molecule has 0 saturated carbocycles. The van der Waals surface area contributed by atoms with E-state index >= 15 is 0 Å². The second-order valence-corrected chi connectivity index (χ2v) is 7.90. The molecule has 0 unspecified atom stereocenters. The molecule has 1 heterocycles. The van der Waals surface area contributed by atoms with Crippen LogP contribution in [0.25, 0.3) is 0 Å². The van der Waals surface area contributed by atoms with Gasteiger partial charge < -0.3 is 19.7 Å². The van der Waals surface area contributed by atoms with Crippen LogP contribution in [0.1, 0.15) is 36.4 Å². The van der Waals surface area contributed by atoms with Gasteiger partial charge in [0.25, 0.3) is 5.91 Å². The average molecular weight is 422 g/mol. The molecule has 4 rings (SSSR count). The van der Waals surface area contributed by atoms with Crippen molar-refractivity contribution in [2.45, 2.75) is 31.7 Å². The zero-order valence-corrected chi connectivity index (χ0v) is 17.5. The number of hydrogen-bond donors (Lipinski definition) is 1. The Hall–Kier alpha value is -3.35. The quantitative estimate of drug-likeness (QED) is 0.724. The van der Waals surface area contributed by atoms with Gasteiger partial charge >= 0.3 is 5.97 Å². The highest BCUT2D eigenvalue weighted by Crippen LogP contribution is 2.33. The molecule has 0 radical (unpaired) electrons. The summed E-state index contributed by atoms with van der Waals surface area (Å²) in [7, 11) is 1.54. The number of aryl methyl sites for hydroxylation is 1. The average Bonchev–Trinajstić information content (AvgIpc) is 3.19. The molecule has 7 heteroatoms. The smallest absolute Gasteiger partial charge is 0.311 e. The van der Waals surface area contributed by atoms with Crippen LogP contribution >= 0.6 is 0 Å². The second kappa shape index (κ2) is 9.20. The van der Waals surface area contributed by atoms with Gasteiger partial charge in [0.05, 0.1) is 24.8 Å². The van der Waals surface area contributed by atoms with E-state index in [4.69, 9.17) is 9.47 Å². The molecule has 1 fully saturated rings. The van der Waals surface area contributed by atoms with E-state index in [1.165, 1.54) is 17.6 Å². The maximum Gasteiger partial charge on any atom is 0.311 e. The van der Waals surface area contributed by atoms with Gasteiger partial charge in [0.15, 0.2) is 6.61 Å². The van der Waals surface area contributed by atoms with Crippen molar-refractivity contribution in [1.29, 1.82) is 0 Å². The Morgan fingerprint density at radius 2 is 1.90 bits per heavy atom. The maximum atomic E-state index is 12.5. The molecular formula is C24H26N2O5. The van der Waals surface area contributed by atoms with E-state index in [-0.39, 0.29) is 37.4 Å². The zero-order valence-electron chi connectivity index (χ0n) is 17.5. The minimum absolute atomic E-state index is 0.0501.